The van der Waals surface area contributed by atoms with Crippen molar-refractivity contribution in [3.8, 4) is 11.8 Å². The van der Waals surface area contributed by atoms with Crippen LogP contribution in [0.5, 0.6) is 5.75 Å². The zero-order chi connectivity index (χ0) is 18.0. The molecule has 0 bridgehead atoms. The van der Waals surface area contributed by atoms with Gasteiger partial charge in [-0.25, -0.2) is 4.98 Å². The zero-order valence-corrected chi connectivity index (χ0v) is 14.8. The highest BCUT2D eigenvalue weighted by Gasteiger charge is 2.17. The normalized spacial score (nSPS) is 11.8. The number of pyridine rings is 1. The average molecular weight is 354 g/mol. The summed E-state index contributed by atoms with van der Waals surface area (Å²) in [6.07, 6.45) is 1.69. The van der Waals surface area contributed by atoms with E-state index in [1.54, 1.807) is 25.4 Å². The second kappa shape index (κ2) is 6.91. The fourth-order valence-electron chi connectivity index (χ4n) is 2.75. The lowest BCUT2D eigenvalue weighted by Crippen LogP contribution is -2.11. The molecule has 1 N–H and O–H groups in total. The third-order valence-electron chi connectivity index (χ3n) is 4.01. The van der Waals surface area contributed by atoms with Crippen molar-refractivity contribution in [2.45, 2.75) is 19.9 Å². The van der Waals surface area contributed by atoms with Gasteiger partial charge in [0.1, 0.15) is 17.0 Å². The van der Waals surface area contributed by atoms with Crippen molar-refractivity contribution in [1.82, 2.24) is 15.2 Å². The maximum absolute atomic E-state index is 9.25. The molecule has 0 saturated heterocycles. The second-order valence-corrected chi connectivity index (χ2v) is 5.98. The van der Waals surface area contributed by atoms with Crippen molar-refractivity contribution in [3.63, 3.8) is 0 Å². The van der Waals surface area contributed by atoms with Crippen LogP contribution in [0.3, 0.4) is 0 Å². The molecular weight excluding hydrogens is 338 g/mol. The van der Waals surface area contributed by atoms with E-state index in [1.807, 2.05) is 26.0 Å². The number of hydrogen-bond acceptors (Lipinski definition) is 6. The third kappa shape index (κ3) is 3.19. The van der Waals surface area contributed by atoms with Crippen LogP contribution >= 0.6 is 11.6 Å². The number of methoxy groups -OCH3 is 1. The molecule has 0 amide bonds. The summed E-state index contributed by atoms with van der Waals surface area (Å²) in [6.45, 7) is 3.84. The number of aromatic nitrogens is 3. The number of ether oxygens (including phenoxy) is 1. The van der Waals surface area contributed by atoms with Crippen molar-refractivity contribution in [2.75, 3.05) is 12.4 Å². The molecule has 3 rings (SSSR count). The van der Waals surface area contributed by atoms with Crippen molar-refractivity contribution >= 4 is 28.2 Å². The van der Waals surface area contributed by atoms with Crippen LogP contribution < -0.4 is 10.1 Å². The second-order valence-electron chi connectivity index (χ2n) is 5.59. The molecule has 0 spiro atoms. The van der Waals surface area contributed by atoms with E-state index in [1.165, 1.54) is 0 Å². The molecule has 3 aromatic rings. The van der Waals surface area contributed by atoms with Crippen molar-refractivity contribution < 1.29 is 4.74 Å². The maximum Gasteiger partial charge on any atom is 0.157 e. The van der Waals surface area contributed by atoms with Gasteiger partial charge in [-0.3, -0.25) is 0 Å². The van der Waals surface area contributed by atoms with Crippen LogP contribution in [0.2, 0.25) is 5.15 Å². The summed E-state index contributed by atoms with van der Waals surface area (Å²) in [6, 6.07) is 9.21. The highest BCUT2D eigenvalue weighted by molar-refractivity contribution is 6.30. The van der Waals surface area contributed by atoms with E-state index in [9.17, 15) is 5.26 Å². The Balaban J connectivity index is 2.04. The first-order chi connectivity index (χ1) is 12.0. The summed E-state index contributed by atoms with van der Waals surface area (Å²) in [5, 5.41) is 23.1. The van der Waals surface area contributed by atoms with Gasteiger partial charge in [0, 0.05) is 22.5 Å². The van der Waals surface area contributed by atoms with Crippen LogP contribution in [-0.4, -0.2) is 22.3 Å². The molecule has 0 fully saturated rings. The predicted molar refractivity (Wildman–Crippen MR) is 96.8 cm³/mol. The Kier molecular flexibility index (Phi) is 4.68. The summed E-state index contributed by atoms with van der Waals surface area (Å²) in [7, 11) is 1.55. The first kappa shape index (κ1) is 16.9. The number of fused-ring (bicyclic) bond motifs is 1. The number of hydrogen-bond donors (Lipinski definition) is 1. The predicted octanol–water partition coefficient (Wildman–Crippen LogP) is 4.04. The highest BCUT2D eigenvalue weighted by Crippen LogP contribution is 2.32. The Morgan fingerprint density at radius 2 is 2.08 bits per heavy atom. The van der Waals surface area contributed by atoms with E-state index in [0.29, 0.717) is 22.3 Å². The van der Waals surface area contributed by atoms with Crippen LogP contribution in [-0.2, 0) is 0 Å². The van der Waals surface area contributed by atoms with Crippen LogP contribution in [0, 0.1) is 18.3 Å². The van der Waals surface area contributed by atoms with Gasteiger partial charge in [0.15, 0.2) is 5.82 Å². The van der Waals surface area contributed by atoms with Crippen LogP contribution in [0.25, 0.3) is 10.8 Å². The van der Waals surface area contributed by atoms with Crippen molar-refractivity contribution in [1.29, 1.82) is 5.26 Å². The molecule has 0 radical (unpaired) electrons. The quantitative estimate of drug-likeness (QED) is 0.712. The summed E-state index contributed by atoms with van der Waals surface area (Å²) >= 11 is 6.04. The minimum Gasteiger partial charge on any atom is -0.495 e. The number of nitrogens with zero attached hydrogens (tertiary/aromatic N) is 4. The average Bonchev–Trinajstić information content (AvgIpc) is 2.63. The summed E-state index contributed by atoms with van der Waals surface area (Å²) in [5.41, 5.74) is 2.12. The smallest absolute Gasteiger partial charge is 0.157 e. The lowest BCUT2D eigenvalue weighted by atomic mass is 10.0. The Morgan fingerprint density at radius 1 is 1.28 bits per heavy atom. The van der Waals surface area contributed by atoms with Gasteiger partial charge < -0.3 is 10.1 Å². The monoisotopic (exact) mass is 353 g/mol. The topological polar surface area (TPSA) is 83.7 Å². The Hall–Kier alpha value is -2.91. The van der Waals surface area contributed by atoms with Crippen LogP contribution in [0.15, 0.2) is 30.5 Å². The zero-order valence-electron chi connectivity index (χ0n) is 14.0. The standard InChI is InChI=1S/C18H16ClN5O/c1-10(13-6-4-5-12(8-20)17(13)25-3)22-18-14-7-16(19)21-9-15(14)11(2)23-24-18/h4-7,9-10H,1-3H3,(H,22,24)/t10-/m1/s1. The number of aryl methyl sites for hydroxylation is 1. The van der Waals surface area contributed by atoms with Gasteiger partial charge in [-0.2, -0.15) is 10.4 Å². The molecule has 0 aliphatic carbocycles. The van der Waals surface area contributed by atoms with E-state index < -0.39 is 0 Å². The Morgan fingerprint density at radius 3 is 2.80 bits per heavy atom. The van der Waals surface area contributed by atoms with E-state index in [2.05, 4.69) is 26.6 Å². The number of nitriles is 1. The van der Waals surface area contributed by atoms with E-state index in [-0.39, 0.29) is 6.04 Å². The van der Waals surface area contributed by atoms with Gasteiger partial charge in [-0.15, -0.1) is 5.10 Å². The SMILES string of the molecule is COc1c(C#N)cccc1[C@@H](C)Nc1nnc(C)c2cnc(Cl)cc12. The Bertz CT molecular complexity index is 983. The number of anilines is 1. The van der Waals surface area contributed by atoms with Gasteiger partial charge in [0.2, 0.25) is 0 Å². The number of halogens is 1. The fraction of sp³-hybridized carbons (Fsp3) is 0.222. The van der Waals surface area contributed by atoms with E-state index in [0.717, 1.165) is 22.0 Å². The number of benzene rings is 1. The molecule has 0 unspecified atom stereocenters. The lowest BCUT2D eigenvalue weighted by molar-refractivity contribution is 0.406. The molecule has 7 heteroatoms. The molecule has 0 saturated carbocycles. The van der Waals surface area contributed by atoms with Crippen molar-refractivity contribution in [2.24, 2.45) is 0 Å². The fourth-order valence-corrected chi connectivity index (χ4v) is 2.91. The molecule has 25 heavy (non-hydrogen) atoms. The molecular formula is C18H16ClN5O. The van der Waals surface area contributed by atoms with Gasteiger partial charge in [-0.05, 0) is 26.0 Å². The molecule has 2 aromatic heterocycles. The molecule has 0 aliphatic heterocycles. The molecule has 2 heterocycles. The van der Waals surface area contributed by atoms with Gasteiger partial charge >= 0.3 is 0 Å². The van der Waals surface area contributed by atoms with E-state index in [4.69, 9.17) is 16.3 Å². The first-order valence-corrected chi connectivity index (χ1v) is 8.05. The van der Waals surface area contributed by atoms with Gasteiger partial charge in [-0.1, -0.05) is 23.7 Å². The maximum atomic E-state index is 9.25. The van der Waals surface area contributed by atoms with Gasteiger partial charge in [0.25, 0.3) is 0 Å². The molecule has 6 nitrogen and oxygen atoms in total. The van der Waals surface area contributed by atoms with Crippen LogP contribution in [0.1, 0.15) is 29.8 Å². The number of rotatable bonds is 4. The highest BCUT2D eigenvalue weighted by atomic mass is 35.5. The summed E-state index contributed by atoms with van der Waals surface area (Å²) in [5.74, 6) is 1.15. The Labute approximate surface area is 150 Å². The minimum absolute atomic E-state index is 0.157. The third-order valence-corrected chi connectivity index (χ3v) is 4.21. The summed E-state index contributed by atoms with van der Waals surface area (Å²) < 4.78 is 5.42. The lowest BCUT2D eigenvalue weighted by Gasteiger charge is -2.19. The number of nitrogens with one attached hydrogen (secondary N) is 1. The van der Waals surface area contributed by atoms with Crippen molar-refractivity contribution in [3.05, 3.63) is 52.4 Å². The first-order valence-electron chi connectivity index (χ1n) is 7.67. The molecule has 0 aliphatic rings. The molecule has 1 aromatic carbocycles. The molecule has 126 valence electrons. The summed E-state index contributed by atoms with van der Waals surface area (Å²) in [4.78, 5) is 4.11. The van der Waals surface area contributed by atoms with Gasteiger partial charge in [0.05, 0.1) is 24.4 Å². The van der Waals surface area contributed by atoms with E-state index >= 15 is 0 Å². The van der Waals surface area contributed by atoms with Crippen LogP contribution in [0.4, 0.5) is 5.82 Å². The number of para-hydroxylation sites is 1. The minimum atomic E-state index is -0.157. The molecule has 1 atom stereocenters. The largest absolute Gasteiger partial charge is 0.495 e.